The van der Waals surface area contributed by atoms with Gasteiger partial charge in [0.05, 0.1) is 37.7 Å². The first-order chi connectivity index (χ1) is 18.6. The van der Waals surface area contributed by atoms with Gasteiger partial charge in [-0.3, -0.25) is 4.90 Å². The van der Waals surface area contributed by atoms with Gasteiger partial charge in [-0.2, -0.15) is 9.79 Å². The summed E-state index contributed by atoms with van der Waals surface area (Å²) in [6.45, 7) is 2.64. The number of nitrogens with one attached hydrogen (secondary N) is 2. The summed E-state index contributed by atoms with van der Waals surface area (Å²) in [6.07, 6.45) is -1.62. The van der Waals surface area contributed by atoms with Gasteiger partial charge >= 0.3 is 27.2 Å². The van der Waals surface area contributed by atoms with Crippen molar-refractivity contribution in [2.24, 2.45) is 0 Å². The summed E-state index contributed by atoms with van der Waals surface area (Å²) in [5, 5.41) is 13.5. The van der Waals surface area contributed by atoms with Crippen molar-refractivity contribution < 1.29 is 42.7 Å². The Morgan fingerprint density at radius 3 is 2.41 bits per heavy atom. The highest BCUT2D eigenvalue weighted by atomic mass is 32.1. The van der Waals surface area contributed by atoms with Crippen LogP contribution in [-0.2, 0) is 25.0 Å². The van der Waals surface area contributed by atoms with Crippen molar-refractivity contribution in [1.82, 2.24) is 5.32 Å². The van der Waals surface area contributed by atoms with E-state index in [0.29, 0.717) is 48.9 Å². The number of aliphatic hydroxyl groups is 1. The number of benzene rings is 2. The van der Waals surface area contributed by atoms with Gasteiger partial charge in [0, 0.05) is 18.8 Å². The van der Waals surface area contributed by atoms with Gasteiger partial charge < -0.3 is 30.1 Å². The fraction of sp³-hybridized carbons (Fsp3) is 0.391. The number of nitrogens with zero attached hydrogens (tertiary/aromatic N) is 2. The predicted octanol–water partition coefficient (Wildman–Crippen LogP) is 2.63. The van der Waals surface area contributed by atoms with E-state index in [-0.39, 0.29) is 18.2 Å². The minimum atomic E-state index is -3.31. The summed E-state index contributed by atoms with van der Waals surface area (Å²) in [7, 11) is -6.61. The lowest BCUT2D eigenvalue weighted by atomic mass is 10.1. The standard InChI is InChI=1S/C23H25FN4O8P2S/c24-19-11-17(5-6-20(19)27-7-9-35-10-8-27)28-14-18(36-22(28)29)13-25-21(39)26-16-3-1-15(2-4-16)12-23(30,37(31)32)38(33)34/h1-6,11,18,30H,7-10,12-14H2,(H2-2,25,26,31,32,33,34,39)/p+2/t18-/m0/s1. The van der Waals surface area contributed by atoms with Crippen LogP contribution in [0.2, 0.25) is 0 Å². The largest absolute Gasteiger partial charge is 0.600 e. The number of carbonyl (C=O) groups excluding carboxylic acids is 1. The van der Waals surface area contributed by atoms with Crippen LogP contribution in [0.4, 0.5) is 26.2 Å². The monoisotopic (exact) mass is 600 g/mol. The Bertz CT molecular complexity index is 1250. The van der Waals surface area contributed by atoms with Gasteiger partial charge in [0.15, 0.2) is 5.11 Å². The number of hydrogen-bond acceptors (Lipinski definition) is 8. The number of rotatable bonds is 9. The first kappa shape index (κ1) is 29.2. The van der Waals surface area contributed by atoms with Crippen LogP contribution in [0.3, 0.4) is 0 Å². The first-order valence-corrected chi connectivity index (χ1v) is 14.7. The van der Waals surface area contributed by atoms with Gasteiger partial charge in [-0.1, -0.05) is 12.1 Å². The number of morpholine rings is 1. The van der Waals surface area contributed by atoms with Gasteiger partial charge in [0.1, 0.15) is 18.3 Å². The molecule has 2 aliphatic heterocycles. The van der Waals surface area contributed by atoms with Crippen LogP contribution >= 0.6 is 28.3 Å². The molecule has 16 heteroatoms. The highest BCUT2D eigenvalue weighted by Gasteiger charge is 2.66. The summed E-state index contributed by atoms with van der Waals surface area (Å²) >= 11 is 5.28. The molecule has 0 saturated carbocycles. The summed E-state index contributed by atoms with van der Waals surface area (Å²) < 4.78 is 48.1. The van der Waals surface area contributed by atoms with Crippen molar-refractivity contribution in [3.05, 3.63) is 53.8 Å². The SMILES string of the molecule is O=C1O[C@@H](CNC(=S)Nc2ccc(CC(O)([P+](=O)O)[P+](=O)O)cc2)CN1c1ccc(N2CCOCC2)c(F)c1. The number of cyclic esters (lactones) is 1. The Balaban J connectivity index is 1.28. The number of thiocarbonyl (C=S) groups is 1. The molecule has 0 spiro atoms. The molecule has 0 aliphatic carbocycles. The summed E-state index contributed by atoms with van der Waals surface area (Å²) in [5.74, 6) is -0.430. The zero-order chi connectivity index (χ0) is 28.2. The van der Waals surface area contributed by atoms with Gasteiger partial charge in [0.25, 0.3) is 0 Å². The average Bonchev–Trinajstić information content (AvgIpc) is 3.29. The zero-order valence-electron chi connectivity index (χ0n) is 20.5. The highest BCUT2D eigenvalue weighted by molar-refractivity contribution is 7.80. The van der Waals surface area contributed by atoms with Crippen molar-refractivity contribution >= 4 is 56.5 Å². The molecule has 4 rings (SSSR count). The Morgan fingerprint density at radius 2 is 1.79 bits per heavy atom. The summed E-state index contributed by atoms with van der Waals surface area (Å²) in [6, 6.07) is 10.8. The number of ether oxygens (including phenoxy) is 2. The van der Waals surface area contributed by atoms with E-state index in [1.807, 2.05) is 4.90 Å². The number of halogens is 1. The van der Waals surface area contributed by atoms with Gasteiger partial charge in [0.2, 0.25) is 0 Å². The Kier molecular flexibility index (Phi) is 9.39. The minimum absolute atomic E-state index is 0.195. The van der Waals surface area contributed by atoms with Crippen molar-refractivity contribution in [3.63, 3.8) is 0 Å². The quantitative estimate of drug-likeness (QED) is 0.212. The van der Waals surface area contributed by atoms with Gasteiger partial charge in [-0.05, 0) is 57.2 Å². The van der Waals surface area contributed by atoms with Crippen LogP contribution in [0.15, 0.2) is 42.5 Å². The normalized spacial score (nSPS) is 19.7. The van der Waals surface area contributed by atoms with Crippen molar-refractivity contribution in [2.75, 3.05) is 54.5 Å². The fourth-order valence-electron chi connectivity index (χ4n) is 4.13. The van der Waals surface area contributed by atoms with Crippen molar-refractivity contribution in [3.8, 4) is 0 Å². The third-order valence-electron chi connectivity index (χ3n) is 6.22. The van der Waals surface area contributed by atoms with E-state index in [1.165, 1.54) is 23.1 Å². The minimum Gasteiger partial charge on any atom is -0.442 e. The maximum atomic E-state index is 14.8. The van der Waals surface area contributed by atoms with Crippen LogP contribution < -0.4 is 20.4 Å². The molecule has 2 aromatic rings. The molecule has 208 valence electrons. The lowest BCUT2D eigenvalue weighted by Crippen LogP contribution is -2.37. The van der Waals surface area contributed by atoms with Crippen LogP contribution in [0.1, 0.15) is 5.56 Å². The zero-order valence-corrected chi connectivity index (χ0v) is 23.1. The Labute approximate surface area is 230 Å². The molecule has 5 N–H and O–H groups in total. The van der Waals surface area contributed by atoms with Crippen molar-refractivity contribution in [2.45, 2.75) is 17.6 Å². The molecule has 2 unspecified atom stereocenters. The van der Waals surface area contributed by atoms with Crippen LogP contribution in [-0.4, -0.2) is 76.7 Å². The highest BCUT2D eigenvalue weighted by Crippen LogP contribution is 2.51. The lowest BCUT2D eigenvalue weighted by molar-refractivity contribution is 0.122. The molecular weight excluding hydrogens is 573 g/mol. The third-order valence-corrected chi connectivity index (χ3v) is 9.04. The van der Waals surface area contributed by atoms with Crippen LogP contribution in [0.5, 0.6) is 0 Å². The molecule has 0 aromatic heterocycles. The molecule has 1 amide bonds. The van der Waals surface area contributed by atoms with E-state index < -0.39 is 45.6 Å². The lowest BCUT2D eigenvalue weighted by Gasteiger charge is -2.29. The van der Waals surface area contributed by atoms with Crippen LogP contribution in [0, 0.1) is 5.82 Å². The van der Waals surface area contributed by atoms with E-state index >= 15 is 0 Å². The Hall–Kier alpha value is -2.83. The topological polar surface area (TPSA) is 161 Å². The Morgan fingerprint density at radius 1 is 1.13 bits per heavy atom. The molecule has 0 bridgehead atoms. The average molecular weight is 601 g/mol. The summed E-state index contributed by atoms with van der Waals surface area (Å²) in [5.41, 5.74) is 1.76. The number of carbonyl (C=O) groups is 1. The van der Waals surface area contributed by atoms with E-state index in [4.69, 9.17) is 21.7 Å². The number of amides is 1. The van der Waals surface area contributed by atoms with E-state index in [1.54, 1.807) is 24.3 Å². The van der Waals surface area contributed by atoms with E-state index in [9.17, 15) is 33.2 Å². The molecule has 0 radical (unpaired) electrons. The number of hydrogen-bond donors (Lipinski definition) is 5. The third kappa shape index (κ3) is 7.03. The molecule has 3 atom stereocenters. The maximum absolute atomic E-state index is 14.8. The molecule has 2 aliphatic rings. The maximum Gasteiger partial charge on any atom is 0.600 e. The van der Waals surface area contributed by atoms with Gasteiger partial charge in [-0.25, -0.2) is 9.18 Å². The second-order valence-electron chi connectivity index (χ2n) is 8.88. The molecule has 2 saturated heterocycles. The molecule has 2 heterocycles. The first-order valence-electron chi connectivity index (χ1n) is 11.9. The molecule has 2 fully saturated rings. The van der Waals surface area contributed by atoms with Crippen molar-refractivity contribution in [1.29, 1.82) is 0 Å². The second-order valence-corrected chi connectivity index (χ2v) is 12.2. The molecular formula is C23H27FN4O8P2S+2. The van der Waals surface area contributed by atoms with E-state index in [2.05, 4.69) is 10.6 Å². The van der Waals surface area contributed by atoms with Crippen LogP contribution in [0.25, 0.3) is 0 Å². The smallest absolute Gasteiger partial charge is 0.442 e. The predicted molar refractivity (Wildman–Crippen MR) is 146 cm³/mol. The second kappa shape index (κ2) is 12.6. The van der Waals surface area contributed by atoms with Gasteiger partial charge in [-0.15, -0.1) is 0 Å². The van der Waals surface area contributed by atoms with E-state index in [0.717, 1.165) is 0 Å². The molecule has 39 heavy (non-hydrogen) atoms. The number of anilines is 3. The summed E-state index contributed by atoms with van der Waals surface area (Å²) in [4.78, 5) is 34.1. The fourth-order valence-corrected chi connectivity index (χ4v) is 5.56. The molecule has 12 nitrogen and oxygen atoms in total. The molecule has 2 aromatic carbocycles.